The summed E-state index contributed by atoms with van der Waals surface area (Å²) in [5.41, 5.74) is 2.96. The summed E-state index contributed by atoms with van der Waals surface area (Å²) in [6, 6.07) is 24.1. The van der Waals surface area contributed by atoms with E-state index in [0.717, 1.165) is 42.1 Å². The minimum absolute atomic E-state index is 0.0595. The Morgan fingerprint density at radius 1 is 1.00 bits per heavy atom. The summed E-state index contributed by atoms with van der Waals surface area (Å²) in [5, 5.41) is 8.49. The van der Waals surface area contributed by atoms with E-state index in [9.17, 15) is 4.79 Å². The van der Waals surface area contributed by atoms with Gasteiger partial charge in [-0.25, -0.2) is 0 Å². The number of carbonyl (C=O) groups is 1. The zero-order valence-electron chi connectivity index (χ0n) is 16.7. The highest BCUT2D eigenvalue weighted by molar-refractivity contribution is 5.95. The quantitative estimate of drug-likeness (QED) is 0.658. The number of para-hydroxylation sites is 1. The number of anilines is 2. The van der Waals surface area contributed by atoms with Gasteiger partial charge in [-0.05, 0) is 49.6 Å². The lowest BCUT2D eigenvalue weighted by molar-refractivity contribution is -0.122. The van der Waals surface area contributed by atoms with Gasteiger partial charge < -0.3 is 9.80 Å². The molecule has 0 N–H and O–H groups in total. The van der Waals surface area contributed by atoms with E-state index in [1.54, 1.807) is 0 Å². The number of hydrogen-bond acceptors (Lipinski definition) is 4. The van der Waals surface area contributed by atoms with Crippen LogP contribution in [0.2, 0.25) is 0 Å². The lowest BCUT2D eigenvalue weighted by atomic mass is 9.95. The van der Waals surface area contributed by atoms with Crippen molar-refractivity contribution in [3.63, 3.8) is 0 Å². The number of rotatable bonds is 5. The molecule has 0 spiro atoms. The average Bonchev–Trinajstić information content (AvgIpc) is 2.79. The van der Waals surface area contributed by atoms with Gasteiger partial charge >= 0.3 is 0 Å². The van der Waals surface area contributed by atoms with E-state index in [2.05, 4.69) is 27.2 Å². The number of carbonyl (C=O) groups excluding carboxylic acids is 1. The van der Waals surface area contributed by atoms with Crippen molar-refractivity contribution < 1.29 is 4.79 Å². The van der Waals surface area contributed by atoms with Crippen LogP contribution in [0.15, 0.2) is 72.8 Å². The summed E-state index contributed by atoms with van der Waals surface area (Å²) < 4.78 is 0. The Hall–Kier alpha value is -3.21. The van der Waals surface area contributed by atoms with Crippen molar-refractivity contribution in [3.05, 3.63) is 84.1 Å². The molecule has 5 nitrogen and oxygen atoms in total. The van der Waals surface area contributed by atoms with Crippen molar-refractivity contribution >= 4 is 17.4 Å². The van der Waals surface area contributed by atoms with Gasteiger partial charge in [0.05, 0.1) is 18.2 Å². The number of benzene rings is 2. The zero-order valence-corrected chi connectivity index (χ0v) is 16.7. The largest absolute Gasteiger partial charge is 0.354 e. The Labute approximate surface area is 172 Å². The van der Waals surface area contributed by atoms with Crippen LogP contribution in [0.4, 0.5) is 11.5 Å². The highest BCUT2D eigenvalue weighted by Crippen LogP contribution is 2.26. The van der Waals surface area contributed by atoms with Gasteiger partial charge in [-0.1, -0.05) is 48.5 Å². The number of hydrogen-bond donors (Lipinski definition) is 0. The van der Waals surface area contributed by atoms with Crippen molar-refractivity contribution in [3.8, 4) is 0 Å². The molecule has 1 amide bonds. The molecule has 2 aromatic carbocycles. The summed E-state index contributed by atoms with van der Waals surface area (Å²) in [5.74, 6) is 0.961. The first-order valence-electron chi connectivity index (χ1n) is 10.2. The van der Waals surface area contributed by atoms with Crippen LogP contribution in [-0.2, 0) is 11.3 Å². The smallest absolute Gasteiger partial charge is 0.232 e. The van der Waals surface area contributed by atoms with Crippen LogP contribution in [0.1, 0.15) is 24.1 Å². The molecule has 1 fully saturated rings. The minimum atomic E-state index is -0.0595. The molecule has 3 aromatic rings. The van der Waals surface area contributed by atoms with Crippen LogP contribution in [0, 0.1) is 12.8 Å². The van der Waals surface area contributed by atoms with E-state index >= 15 is 0 Å². The van der Waals surface area contributed by atoms with E-state index in [-0.39, 0.29) is 11.8 Å². The maximum absolute atomic E-state index is 13.6. The Balaban J connectivity index is 1.55. The predicted octanol–water partition coefficient (Wildman–Crippen LogP) is 4.23. The molecule has 29 heavy (non-hydrogen) atoms. The van der Waals surface area contributed by atoms with Crippen LogP contribution in [0.5, 0.6) is 0 Å². The molecule has 1 aromatic heterocycles. The first kappa shape index (κ1) is 19.1. The van der Waals surface area contributed by atoms with E-state index in [1.165, 1.54) is 0 Å². The second kappa shape index (κ2) is 8.86. The molecular weight excluding hydrogens is 360 g/mol. The Kier molecular flexibility index (Phi) is 5.84. The van der Waals surface area contributed by atoms with Gasteiger partial charge in [0.25, 0.3) is 0 Å². The van der Waals surface area contributed by atoms with Crippen molar-refractivity contribution in [1.82, 2.24) is 10.2 Å². The van der Waals surface area contributed by atoms with Crippen molar-refractivity contribution in [2.45, 2.75) is 26.3 Å². The van der Waals surface area contributed by atoms with Gasteiger partial charge in [-0.2, -0.15) is 5.10 Å². The molecule has 0 radical (unpaired) electrons. The van der Waals surface area contributed by atoms with Crippen LogP contribution in [0.25, 0.3) is 0 Å². The molecule has 1 unspecified atom stereocenters. The van der Waals surface area contributed by atoms with Crippen LogP contribution in [0.3, 0.4) is 0 Å². The van der Waals surface area contributed by atoms with Gasteiger partial charge in [-0.15, -0.1) is 5.10 Å². The third-order valence-electron chi connectivity index (χ3n) is 5.40. The highest BCUT2D eigenvalue weighted by atomic mass is 16.2. The second-order valence-corrected chi connectivity index (χ2v) is 7.56. The zero-order chi connectivity index (χ0) is 20.1. The second-order valence-electron chi connectivity index (χ2n) is 7.56. The van der Waals surface area contributed by atoms with E-state index < -0.39 is 0 Å². The summed E-state index contributed by atoms with van der Waals surface area (Å²) >= 11 is 0. The van der Waals surface area contributed by atoms with Crippen molar-refractivity contribution in [2.24, 2.45) is 5.92 Å². The molecule has 0 bridgehead atoms. The molecule has 1 aliphatic heterocycles. The molecular formula is C24H26N4O. The number of nitrogens with zero attached hydrogens (tertiary/aromatic N) is 4. The van der Waals surface area contributed by atoms with Gasteiger partial charge in [-0.3, -0.25) is 4.79 Å². The minimum Gasteiger partial charge on any atom is -0.354 e. The third kappa shape index (κ3) is 4.62. The molecule has 1 saturated heterocycles. The topological polar surface area (TPSA) is 49.3 Å². The van der Waals surface area contributed by atoms with Gasteiger partial charge in [0, 0.05) is 18.8 Å². The average molecular weight is 386 g/mol. The lowest BCUT2D eigenvalue weighted by Crippen LogP contribution is -2.45. The molecule has 148 valence electrons. The fraction of sp³-hybridized carbons (Fsp3) is 0.292. The molecule has 1 atom stereocenters. The first-order chi connectivity index (χ1) is 14.2. The van der Waals surface area contributed by atoms with Gasteiger partial charge in [0.15, 0.2) is 5.82 Å². The van der Waals surface area contributed by atoms with Crippen LogP contribution >= 0.6 is 0 Å². The molecule has 5 heteroatoms. The third-order valence-corrected chi connectivity index (χ3v) is 5.40. The first-order valence-corrected chi connectivity index (χ1v) is 10.2. The summed E-state index contributed by atoms with van der Waals surface area (Å²) in [6.07, 6.45) is 1.87. The number of aryl methyl sites for hydroxylation is 1. The maximum Gasteiger partial charge on any atom is 0.232 e. The molecule has 4 rings (SSSR count). The molecule has 1 aliphatic rings. The molecule has 0 aliphatic carbocycles. The number of piperidine rings is 1. The highest BCUT2D eigenvalue weighted by Gasteiger charge is 2.30. The van der Waals surface area contributed by atoms with Crippen LogP contribution in [-0.4, -0.2) is 29.2 Å². The van der Waals surface area contributed by atoms with Gasteiger partial charge in [0.2, 0.25) is 5.91 Å². The Bertz CT molecular complexity index is 928. The van der Waals surface area contributed by atoms with Crippen LogP contribution < -0.4 is 9.80 Å². The SMILES string of the molecule is Cc1ccc(N2CCCC(C(=O)N(Cc3ccccc3)c3ccccc3)C2)nn1. The van der Waals surface area contributed by atoms with E-state index in [4.69, 9.17) is 0 Å². The number of aromatic nitrogens is 2. The van der Waals surface area contributed by atoms with E-state index in [1.807, 2.05) is 72.5 Å². The van der Waals surface area contributed by atoms with E-state index in [0.29, 0.717) is 13.1 Å². The Morgan fingerprint density at radius 2 is 1.72 bits per heavy atom. The standard InChI is InChI=1S/C24H26N4O/c1-19-14-15-23(26-25-19)27-16-8-11-21(18-27)24(29)28(22-12-6-3-7-13-22)17-20-9-4-2-5-10-20/h2-7,9-10,12-15,21H,8,11,16-18H2,1H3. The fourth-order valence-corrected chi connectivity index (χ4v) is 3.84. The summed E-state index contributed by atoms with van der Waals surface area (Å²) in [4.78, 5) is 17.7. The van der Waals surface area contributed by atoms with Crippen molar-refractivity contribution in [2.75, 3.05) is 22.9 Å². The van der Waals surface area contributed by atoms with Crippen molar-refractivity contribution in [1.29, 1.82) is 0 Å². The lowest BCUT2D eigenvalue weighted by Gasteiger charge is -2.35. The normalized spacial score (nSPS) is 16.4. The summed E-state index contributed by atoms with van der Waals surface area (Å²) in [6.45, 7) is 4.09. The predicted molar refractivity (Wildman–Crippen MR) is 116 cm³/mol. The Morgan fingerprint density at radius 3 is 2.41 bits per heavy atom. The van der Waals surface area contributed by atoms with Gasteiger partial charge in [0.1, 0.15) is 0 Å². The molecule has 2 heterocycles. The maximum atomic E-state index is 13.6. The summed E-state index contributed by atoms with van der Waals surface area (Å²) in [7, 11) is 0. The number of amides is 1. The monoisotopic (exact) mass is 386 g/mol. The molecule has 0 saturated carbocycles. The fourth-order valence-electron chi connectivity index (χ4n) is 3.84.